The normalized spacial score (nSPS) is 21.8. The molecule has 0 amide bonds. The lowest BCUT2D eigenvalue weighted by Crippen LogP contribution is -2.40. The van der Waals surface area contributed by atoms with E-state index in [0.29, 0.717) is 18.4 Å². The molecule has 1 fully saturated rings. The quantitative estimate of drug-likeness (QED) is 0.639. The summed E-state index contributed by atoms with van der Waals surface area (Å²) in [7, 11) is 0. The summed E-state index contributed by atoms with van der Waals surface area (Å²) in [6.07, 6.45) is 4.26. The molecule has 0 radical (unpaired) electrons. The maximum Gasteiger partial charge on any atom is 0.189 e. The molecule has 0 unspecified atom stereocenters. The van der Waals surface area contributed by atoms with Crippen molar-refractivity contribution in [2.45, 2.75) is 44.6 Å². The van der Waals surface area contributed by atoms with Crippen molar-refractivity contribution >= 4 is 5.78 Å². The van der Waals surface area contributed by atoms with Gasteiger partial charge in [-0.05, 0) is 25.3 Å². The van der Waals surface area contributed by atoms with Gasteiger partial charge in [-0.2, -0.15) is 0 Å². The van der Waals surface area contributed by atoms with Gasteiger partial charge in [0.1, 0.15) is 5.60 Å². The van der Waals surface area contributed by atoms with Crippen molar-refractivity contribution in [3.05, 3.63) is 12.2 Å². The van der Waals surface area contributed by atoms with Crippen LogP contribution in [0.2, 0.25) is 0 Å². The van der Waals surface area contributed by atoms with Crippen molar-refractivity contribution in [2.24, 2.45) is 0 Å². The summed E-state index contributed by atoms with van der Waals surface area (Å²) in [6.45, 7) is 5.23. The molecule has 2 heteroatoms. The molecule has 68 valence electrons. The van der Waals surface area contributed by atoms with E-state index in [2.05, 4.69) is 6.58 Å². The van der Waals surface area contributed by atoms with E-state index in [1.807, 2.05) is 0 Å². The fourth-order valence-corrected chi connectivity index (χ4v) is 1.76. The van der Waals surface area contributed by atoms with Gasteiger partial charge in [0.05, 0.1) is 0 Å². The molecule has 1 aliphatic carbocycles. The molecule has 0 aromatic carbocycles. The summed E-state index contributed by atoms with van der Waals surface area (Å²) in [4.78, 5) is 11.5. The molecule has 1 rings (SSSR count). The van der Waals surface area contributed by atoms with E-state index in [0.717, 1.165) is 19.3 Å². The Morgan fingerprint density at radius 1 is 1.33 bits per heavy atom. The fourth-order valence-electron chi connectivity index (χ4n) is 1.76. The van der Waals surface area contributed by atoms with E-state index < -0.39 is 5.60 Å². The Labute approximate surface area is 73.3 Å². The Kier molecular flexibility index (Phi) is 2.68. The molecular formula is C10H16O2. The van der Waals surface area contributed by atoms with Crippen molar-refractivity contribution in [3.63, 3.8) is 0 Å². The van der Waals surface area contributed by atoms with Gasteiger partial charge in [0.25, 0.3) is 0 Å². The van der Waals surface area contributed by atoms with Gasteiger partial charge in [0.15, 0.2) is 5.78 Å². The van der Waals surface area contributed by atoms with Crippen molar-refractivity contribution in [2.75, 3.05) is 0 Å². The number of aliphatic hydroxyl groups is 1. The molecule has 0 saturated heterocycles. The molecule has 2 nitrogen and oxygen atoms in total. The Balaban J connectivity index is 2.69. The van der Waals surface area contributed by atoms with Crippen LogP contribution in [0.3, 0.4) is 0 Å². The van der Waals surface area contributed by atoms with Gasteiger partial charge in [-0.3, -0.25) is 4.79 Å². The molecule has 0 aromatic heterocycles. The molecule has 0 atom stereocenters. The molecule has 0 bridgehead atoms. The van der Waals surface area contributed by atoms with Crippen LogP contribution in [0, 0.1) is 0 Å². The smallest absolute Gasteiger partial charge is 0.189 e. The summed E-state index contributed by atoms with van der Waals surface area (Å²) in [5.41, 5.74) is -0.608. The van der Waals surface area contributed by atoms with Crippen molar-refractivity contribution in [1.82, 2.24) is 0 Å². The van der Waals surface area contributed by atoms with E-state index in [1.165, 1.54) is 0 Å². The van der Waals surface area contributed by atoms with Crippen LogP contribution < -0.4 is 0 Å². The first-order valence-electron chi connectivity index (χ1n) is 4.49. The van der Waals surface area contributed by atoms with Crippen molar-refractivity contribution < 1.29 is 9.90 Å². The second-order valence-corrected chi connectivity index (χ2v) is 3.70. The molecule has 0 aliphatic heterocycles. The van der Waals surface area contributed by atoms with Gasteiger partial charge < -0.3 is 5.11 Å². The summed E-state index contributed by atoms with van der Waals surface area (Å²) in [5, 5.41) is 9.90. The average molecular weight is 168 g/mol. The molecule has 1 saturated carbocycles. The summed E-state index contributed by atoms with van der Waals surface area (Å²) < 4.78 is 0. The molecular weight excluding hydrogens is 152 g/mol. The molecule has 12 heavy (non-hydrogen) atoms. The molecule has 1 N–H and O–H groups in total. The van der Waals surface area contributed by atoms with E-state index in [1.54, 1.807) is 6.92 Å². The van der Waals surface area contributed by atoms with Gasteiger partial charge in [-0.25, -0.2) is 0 Å². The van der Waals surface area contributed by atoms with Crippen LogP contribution >= 0.6 is 0 Å². The van der Waals surface area contributed by atoms with Crippen molar-refractivity contribution in [3.8, 4) is 0 Å². The highest BCUT2D eigenvalue weighted by molar-refractivity contribution is 6.00. The molecule has 0 spiro atoms. The maximum absolute atomic E-state index is 11.5. The monoisotopic (exact) mass is 168 g/mol. The molecule has 0 heterocycles. The summed E-state index contributed by atoms with van der Waals surface area (Å²) in [5.74, 6) is -0.165. The van der Waals surface area contributed by atoms with Crippen LogP contribution in [0.5, 0.6) is 0 Å². The number of rotatable bonds is 2. The van der Waals surface area contributed by atoms with Crippen LogP contribution in [0.15, 0.2) is 12.2 Å². The van der Waals surface area contributed by atoms with E-state index in [-0.39, 0.29) is 5.78 Å². The molecule has 1 aliphatic rings. The topological polar surface area (TPSA) is 37.3 Å². The third-order valence-electron chi connectivity index (χ3n) is 2.49. The second-order valence-electron chi connectivity index (χ2n) is 3.70. The van der Waals surface area contributed by atoms with Crippen molar-refractivity contribution in [1.29, 1.82) is 0 Å². The number of hydrogen-bond donors (Lipinski definition) is 1. The van der Waals surface area contributed by atoms with Gasteiger partial charge in [-0.1, -0.05) is 25.8 Å². The van der Waals surface area contributed by atoms with E-state index in [9.17, 15) is 9.90 Å². The highest BCUT2D eigenvalue weighted by atomic mass is 16.3. The van der Waals surface area contributed by atoms with Crippen LogP contribution in [0.25, 0.3) is 0 Å². The number of hydrogen-bond acceptors (Lipinski definition) is 2. The summed E-state index contributed by atoms with van der Waals surface area (Å²) >= 11 is 0. The number of carbonyl (C=O) groups is 1. The van der Waals surface area contributed by atoms with Gasteiger partial charge in [0, 0.05) is 0 Å². The number of ketones is 1. The third kappa shape index (κ3) is 1.75. The lowest BCUT2D eigenvalue weighted by atomic mass is 9.80. The second kappa shape index (κ2) is 3.40. The maximum atomic E-state index is 11.5. The van der Waals surface area contributed by atoms with Gasteiger partial charge in [0.2, 0.25) is 0 Å². The lowest BCUT2D eigenvalue weighted by molar-refractivity contribution is -0.136. The molecule has 0 aromatic rings. The third-order valence-corrected chi connectivity index (χ3v) is 2.49. The van der Waals surface area contributed by atoms with Crippen LogP contribution in [0.1, 0.15) is 39.0 Å². The minimum Gasteiger partial charge on any atom is -0.382 e. The SMILES string of the molecule is C=C(C)C(=O)C1(O)CCCCC1. The first kappa shape index (κ1) is 9.46. The van der Waals surface area contributed by atoms with Gasteiger partial charge in [-0.15, -0.1) is 0 Å². The lowest BCUT2D eigenvalue weighted by Gasteiger charge is -2.30. The minimum atomic E-state index is -1.08. The highest BCUT2D eigenvalue weighted by Gasteiger charge is 2.36. The fraction of sp³-hybridized carbons (Fsp3) is 0.700. The average Bonchev–Trinajstić information content (AvgIpc) is 2.04. The Morgan fingerprint density at radius 3 is 2.25 bits per heavy atom. The van der Waals surface area contributed by atoms with Crippen LogP contribution in [-0.4, -0.2) is 16.5 Å². The van der Waals surface area contributed by atoms with Crippen LogP contribution in [-0.2, 0) is 4.79 Å². The largest absolute Gasteiger partial charge is 0.382 e. The minimum absolute atomic E-state index is 0.165. The first-order valence-corrected chi connectivity index (χ1v) is 4.49. The zero-order valence-electron chi connectivity index (χ0n) is 7.60. The Bertz CT molecular complexity index is 200. The number of Topliss-reactive ketones (excluding diaryl/α,β-unsaturated/α-hetero) is 1. The predicted molar refractivity (Wildman–Crippen MR) is 47.9 cm³/mol. The van der Waals surface area contributed by atoms with E-state index >= 15 is 0 Å². The van der Waals surface area contributed by atoms with Crippen LogP contribution in [0.4, 0.5) is 0 Å². The zero-order chi connectivity index (χ0) is 9.19. The van der Waals surface area contributed by atoms with Gasteiger partial charge >= 0.3 is 0 Å². The predicted octanol–water partition coefficient (Wildman–Crippen LogP) is 1.83. The highest BCUT2D eigenvalue weighted by Crippen LogP contribution is 2.30. The number of carbonyl (C=O) groups excluding carboxylic acids is 1. The summed E-state index contributed by atoms with van der Waals surface area (Å²) in [6, 6.07) is 0. The zero-order valence-corrected chi connectivity index (χ0v) is 7.60. The Morgan fingerprint density at radius 2 is 1.83 bits per heavy atom. The standard InChI is InChI=1S/C10H16O2/c1-8(2)9(11)10(12)6-4-3-5-7-10/h12H,1,3-7H2,2H3. The Hall–Kier alpha value is -0.630. The first-order chi connectivity index (χ1) is 5.56. The van der Waals surface area contributed by atoms with E-state index in [4.69, 9.17) is 0 Å².